The summed E-state index contributed by atoms with van der Waals surface area (Å²) < 4.78 is 9.30. The van der Waals surface area contributed by atoms with Gasteiger partial charge in [0.15, 0.2) is 0 Å². The van der Waals surface area contributed by atoms with Crippen molar-refractivity contribution in [2.24, 2.45) is 0 Å². The van der Waals surface area contributed by atoms with Crippen LogP contribution in [0.5, 0.6) is 0 Å². The van der Waals surface area contributed by atoms with E-state index in [2.05, 4.69) is 4.74 Å². The first-order valence-corrected chi connectivity index (χ1v) is 5.52. The monoisotopic (exact) mass is 240 g/mol. The first-order chi connectivity index (χ1) is 7.67. The maximum Gasteiger partial charge on any atom is 0.348 e. The topological polar surface area (TPSA) is 52.6 Å². The van der Waals surface area contributed by atoms with E-state index in [1.54, 1.807) is 25.1 Å². The average Bonchev–Trinajstić information content (AvgIpc) is 2.75. The predicted molar refractivity (Wildman–Crippen MR) is 61.3 cm³/mol. The molecule has 0 aromatic carbocycles. The van der Waals surface area contributed by atoms with E-state index in [4.69, 9.17) is 4.74 Å². The Bertz CT molecular complexity index is 406. The lowest BCUT2D eigenvalue weighted by molar-refractivity contribution is -0.134. The lowest BCUT2D eigenvalue weighted by Gasteiger charge is -1.96. The number of carbonyl (C=O) groups excluding carboxylic acids is 2. The number of methoxy groups -OCH3 is 1. The van der Waals surface area contributed by atoms with Crippen molar-refractivity contribution in [1.82, 2.24) is 0 Å². The van der Waals surface area contributed by atoms with Crippen LogP contribution in [-0.4, -0.2) is 25.7 Å². The van der Waals surface area contributed by atoms with Crippen LogP contribution in [0, 0.1) is 0 Å². The van der Waals surface area contributed by atoms with Crippen LogP contribution in [0.1, 0.15) is 21.5 Å². The van der Waals surface area contributed by atoms with Crippen molar-refractivity contribution in [3.8, 4) is 0 Å². The summed E-state index contributed by atoms with van der Waals surface area (Å²) in [7, 11) is 1.31. The lowest BCUT2D eigenvalue weighted by Crippen LogP contribution is -2.01. The zero-order chi connectivity index (χ0) is 12.0. The molecule has 0 bridgehead atoms. The summed E-state index contributed by atoms with van der Waals surface area (Å²) in [5.74, 6) is -0.767. The molecule has 1 heterocycles. The van der Waals surface area contributed by atoms with E-state index in [0.717, 1.165) is 4.88 Å². The Morgan fingerprint density at radius 2 is 2.19 bits per heavy atom. The highest BCUT2D eigenvalue weighted by atomic mass is 32.1. The summed E-state index contributed by atoms with van der Waals surface area (Å²) in [5.41, 5.74) is 0. The van der Waals surface area contributed by atoms with Gasteiger partial charge in [0, 0.05) is 11.0 Å². The molecular weight excluding hydrogens is 228 g/mol. The van der Waals surface area contributed by atoms with Gasteiger partial charge in [-0.25, -0.2) is 9.59 Å². The van der Waals surface area contributed by atoms with Crippen LogP contribution in [0.25, 0.3) is 6.08 Å². The van der Waals surface area contributed by atoms with Gasteiger partial charge in [-0.1, -0.05) is 0 Å². The molecule has 0 atom stereocenters. The van der Waals surface area contributed by atoms with E-state index in [1.807, 2.05) is 0 Å². The molecular formula is C11H12O4S. The predicted octanol–water partition coefficient (Wildman–Crippen LogP) is 2.11. The number of carbonyl (C=O) groups is 2. The maximum atomic E-state index is 11.3. The van der Waals surface area contributed by atoms with Crippen molar-refractivity contribution in [2.75, 3.05) is 13.7 Å². The van der Waals surface area contributed by atoms with E-state index < -0.39 is 5.97 Å². The molecule has 0 aliphatic rings. The van der Waals surface area contributed by atoms with Crippen molar-refractivity contribution >= 4 is 29.4 Å². The van der Waals surface area contributed by atoms with Crippen LogP contribution in [0.4, 0.5) is 0 Å². The van der Waals surface area contributed by atoms with Crippen LogP contribution in [-0.2, 0) is 14.3 Å². The summed E-state index contributed by atoms with van der Waals surface area (Å²) in [4.78, 5) is 23.5. The highest BCUT2D eigenvalue weighted by molar-refractivity contribution is 7.14. The Hall–Kier alpha value is -1.62. The number of hydrogen-bond donors (Lipinski definition) is 0. The molecule has 1 aromatic heterocycles. The minimum absolute atomic E-state index is 0.342. The summed E-state index contributed by atoms with van der Waals surface area (Å²) in [6, 6.07) is 3.41. The maximum absolute atomic E-state index is 11.3. The molecule has 4 nitrogen and oxygen atoms in total. The second-order valence-electron chi connectivity index (χ2n) is 2.78. The van der Waals surface area contributed by atoms with Crippen LogP contribution in [0.2, 0.25) is 0 Å². The zero-order valence-electron chi connectivity index (χ0n) is 9.06. The highest BCUT2D eigenvalue weighted by Crippen LogP contribution is 2.18. The number of ether oxygens (including phenoxy) is 2. The SMILES string of the molecule is CCOC(=O)c1ccc(C=CC(=O)OC)s1. The number of hydrogen-bond acceptors (Lipinski definition) is 5. The van der Waals surface area contributed by atoms with Crippen molar-refractivity contribution in [3.05, 3.63) is 28.0 Å². The molecule has 0 aliphatic heterocycles. The van der Waals surface area contributed by atoms with E-state index in [-0.39, 0.29) is 5.97 Å². The fourth-order valence-electron chi connectivity index (χ4n) is 0.973. The van der Waals surface area contributed by atoms with Gasteiger partial charge in [0.2, 0.25) is 0 Å². The first kappa shape index (κ1) is 12.4. The fourth-order valence-corrected chi connectivity index (χ4v) is 1.78. The molecule has 0 fully saturated rings. The third kappa shape index (κ3) is 3.51. The molecule has 0 saturated carbocycles. The number of thiophene rings is 1. The first-order valence-electron chi connectivity index (χ1n) is 4.70. The zero-order valence-corrected chi connectivity index (χ0v) is 9.87. The number of rotatable bonds is 4. The number of esters is 2. The van der Waals surface area contributed by atoms with E-state index in [0.29, 0.717) is 11.5 Å². The van der Waals surface area contributed by atoms with Crippen LogP contribution in [0.3, 0.4) is 0 Å². The van der Waals surface area contributed by atoms with E-state index in [1.165, 1.54) is 24.5 Å². The van der Waals surface area contributed by atoms with Crippen molar-refractivity contribution < 1.29 is 19.1 Å². The molecule has 0 N–H and O–H groups in total. The van der Waals surface area contributed by atoms with Gasteiger partial charge < -0.3 is 9.47 Å². The van der Waals surface area contributed by atoms with Crippen molar-refractivity contribution in [1.29, 1.82) is 0 Å². The average molecular weight is 240 g/mol. The molecule has 0 unspecified atom stereocenters. The third-order valence-corrected chi connectivity index (χ3v) is 2.72. The van der Waals surface area contributed by atoms with Crippen LogP contribution in [0.15, 0.2) is 18.2 Å². The van der Waals surface area contributed by atoms with Gasteiger partial charge >= 0.3 is 11.9 Å². The summed E-state index contributed by atoms with van der Waals surface area (Å²) in [6.45, 7) is 2.10. The molecule has 86 valence electrons. The molecule has 0 amide bonds. The molecule has 0 radical (unpaired) electrons. The van der Waals surface area contributed by atoms with Gasteiger partial charge in [0.1, 0.15) is 4.88 Å². The normalized spacial score (nSPS) is 10.4. The molecule has 1 aromatic rings. The van der Waals surface area contributed by atoms with Crippen LogP contribution >= 0.6 is 11.3 Å². The van der Waals surface area contributed by atoms with Gasteiger partial charge in [0.25, 0.3) is 0 Å². The lowest BCUT2D eigenvalue weighted by atomic mass is 10.4. The Balaban J connectivity index is 2.68. The minimum atomic E-state index is -0.425. The standard InChI is InChI=1S/C11H12O4S/c1-3-15-11(13)9-6-4-8(16-9)5-7-10(12)14-2/h4-7H,3H2,1-2H3. The molecule has 1 rings (SSSR count). The second-order valence-corrected chi connectivity index (χ2v) is 3.89. The molecule has 0 aliphatic carbocycles. The summed E-state index contributed by atoms with van der Waals surface area (Å²) in [5, 5.41) is 0. The van der Waals surface area contributed by atoms with Gasteiger partial charge in [0.05, 0.1) is 13.7 Å². The molecule has 0 saturated heterocycles. The summed E-state index contributed by atoms with van der Waals surface area (Å²) in [6.07, 6.45) is 2.90. The largest absolute Gasteiger partial charge is 0.466 e. The quantitative estimate of drug-likeness (QED) is 0.597. The smallest absolute Gasteiger partial charge is 0.348 e. The third-order valence-electron chi connectivity index (χ3n) is 1.69. The van der Waals surface area contributed by atoms with Crippen molar-refractivity contribution in [2.45, 2.75) is 6.92 Å². The van der Waals surface area contributed by atoms with Crippen molar-refractivity contribution in [3.63, 3.8) is 0 Å². The Morgan fingerprint density at radius 3 is 2.81 bits per heavy atom. The Morgan fingerprint density at radius 1 is 1.44 bits per heavy atom. The second kappa shape index (κ2) is 6.07. The highest BCUT2D eigenvalue weighted by Gasteiger charge is 2.08. The molecule has 0 spiro atoms. The fraction of sp³-hybridized carbons (Fsp3) is 0.273. The van der Waals surface area contributed by atoms with Gasteiger partial charge in [-0.05, 0) is 25.1 Å². The van der Waals surface area contributed by atoms with Gasteiger partial charge in [-0.2, -0.15) is 0 Å². The molecule has 5 heteroatoms. The molecule has 16 heavy (non-hydrogen) atoms. The van der Waals surface area contributed by atoms with Gasteiger partial charge in [-0.3, -0.25) is 0 Å². The van der Waals surface area contributed by atoms with E-state index in [9.17, 15) is 9.59 Å². The summed E-state index contributed by atoms with van der Waals surface area (Å²) >= 11 is 1.26. The van der Waals surface area contributed by atoms with Crippen LogP contribution < -0.4 is 0 Å². The Kier molecular flexibility index (Phi) is 4.72. The van der Waals surface area contributed by atoms with E-state index >= 15 is 0 Å². The van der Waals surface area contributed by atoms with Gasteiger partial charge in [-0.15, -0.1) is 11.3 Å². The minimum Gasteiger partial charge on any atom is -0.466 e. The Labute approximate surface area is 97.5 Å².